The Bertz CT molecular complexity index is 619. The molecule has 1 aromatic heterocycles. The number of carbonyl (C=O) groups excluding carboxylic acids is 1. The lowest BCUT2D eigenvalue weighted by Crippen LogP contribution is -2.12. The number of rotatable bonds is 4. The molecule has 0 radical (unpaired) electrons. The van der Waals surface area contributed by atoms with Gasteiger partial charge in [-0.25, -0.2) is 0 Å². The number of aromatic nitrogens is 2. The lowest BCUT2D eigenvalue weighted by Gasteiger charge is -2.04. The molecular weight excluding hydrogens is 270 g/mol. The molecule has 1 amide bonds. The molecule has 0 unspecified atom stereocenters. The number of benzene rings is 1. The van der Waals surface area contributed by atoms with Crippen LogP contribution in [0.4, 0.5) is 5.13 Å². The van der Waals surface area contributed by atoms with E-state index in [1.807, 2.05) is 32.0 Å². The van der Waals surface area contributed by atoms with Crippen LogP contribution in [-0.2, 0) is 6.42 Å². The number of nitrogens with one attached hydrogen (secondary N) is 1. The molecule has 2 aromatic rings. The van der Waals surface area contributed by atoms with Crippen molar-refractivity contribution in [1.82, 2.24) is 10.2 Å². The first-order chi connectivity index (χ1) is 9.45. The Morgan fingerprint density at radius 3 is 2.65 bits per heavy atom. The molecule has 2 rings (SSSR count). The van der Waals surface area contributed by atoms with E-state index in [4.69, 9.17) is 0 Å². The standard InChI is InChI=1S/C15H19N3OS/c1-9(2)7-13-17-18-15(20-13)16-14(19)12-6-5-10(3)11(4)8-12/h5-6,8-9H,7H2,1-4H3,(H,16,18,19). The minimum Gasteiger partial charge on any atom is -0.296 e. The highest BCUT2D eigenvalue weighted by Crippen LogP contribution is 2.19. The molecule has 1 heterocycles. The second-order valence-electron chi connectivity index (χ2n) is 5.35. The molecule has 0 saturated carbocycles. The Kier molecular flexibility index (Phi) is 4.49. The average molecular weight is 289 g/mol. The van der Waals surface area contributed by atoms with Gasteiger partial charge in [-0.2, -0.15) is 0 Å². The van der Waals surface area contributed by atoms with Gasteiger partial charge in [0.05, 0.1) is 0 Å². The number of carbonyl (C=O) groups is 1. The summed E-state index contributed by atoms with van der Waals surface area (Å²) in [5.74, 6) is 0.395. The smallest absolute Gasteiger partial charge is 0.257 e. The first-order valence-corrected chi connectivity index (χ1v) is 7.48. The zero-order valence-electron chi connectivity index (χ0n) is 12.2. The van der Waals surface area contributed by atoms with Gasteiger partial charge in [0, 0.05) is 12.0 Å². The second kappa shape index (κ2) is 6.13. The molecule has 0 fully saturated rings. The average Bonchev–Trinajstić information content (AvgIpc) is 2.79. The third-order valence-electron chi connectivity index (χ3n) is 3.04. The zero-order valence-corrected chi connectivity index (χ0v) is 13.0. The molecule has 20 heavy (non-hydrogen) atoms. The molecular formula is C15H19N3OS. The van der Waals surface area contributed by atoms with Gasteiger partial charge in [0.2, 0.25) is 5.13 Å². The van der Waals surface area contributed by atoms with Gasteiger partial charge in [0.25, 0.3) is 5.91 Å². The van der Waals surface area contributed by atoms with Crippen LogP contribution in [0.15, 0.2) is 18.2 Å². The molecule has 0 atom stereocenters. The first-order valence-electron chi connectivity index (χ1n) is 6.66. The lowest BCUT2D eigenvalue weighted by atomic mass is 10.1. The van der Waals surface area contributed by atoms with Gasteiger partial charge < -0.3 is 0 Å². The molecule has 0 aliphatic heterocycles. The van der Waals surface area contributed by atoms with E-state index < -0.39 is 0 Å². The third-order valence-corrected chi connectivity index (χ3v) is 3.90. The molecule has 0 aliphatic rings. The lowest BCUT2D eigenvalue weighted by molar-refractivity contribution is 0.102. The Morgan fingerprint density at radius 1 is 1.25 bits per heavy atom. The molecule has 5 heteroatoms. The monoisotopic (exact) mass is 289 g/mol. The number of hydrogen-bond acceptors (Lipinski definition) is 4. The Hall–Kier alpha value is -1.75. The maximum Gasteiger partial charge on any atom is 0.257 e. The Labute approximate surface area is 123 Å². The van der Waals surface area contributed by atoms with E-state index in [1.165, 1.54) is 16.9 Å². The molecule has 0 aliphatic carbocycles. The van der Waals surface area contributed by atoms with Gasteiger partial charge in [-0.05, 0) is 43.0 Å². The fourth-order valence-corrected chi connectivity index (χ4v) is 2.73. The topological polar surface area (TPSA) is 54.9 Å². The summed E-state index contributed by atoms with van der Waals surface area (Å²) in [6.07, 6.45) is 0.886. The summed E-state index contributed by atoms with van der Waals surface area (Å²) in [6.45, 7) is 8.29. The maximum atomic E-state index is 12.1. The van der Waals surface area contributed by atoms with Crippen LogP contribution in [-0.4, -0.2) is 16.1 Å². The van der Waals surface area contributed by atoms with Crippen LogP contribution in [0.3, 0.4) is 0 Å². The highest BCUT2D eigenvalue weighted by Gasteiger charge is 2.11. The summed E-state index contributed by atoms with van der Waals surface area (Å²) in [4.78, 5) is 12.1. The Morgan fingerprint density at radius 2 is 2.00 bits per heavy atom. The quantitative estimate of drug-likeness (QED) is 0.935. The van der Waals surface area contributed by atoms with Crippen molar-refractivity contribution in [2.45, 2.75) is 34.1 Å². The normalized spacial score (nSPS) is 10.8. The molecule has 0 spiro atoms. The fourth-order valence-electron chi connectivity index (χ4n) is 1.79. The van der Waals surface area contributed by atoms with Crippen LogP contribution in [0, 0.1) is 19.8 Å². The number of nitrogens with zero attached hydrogens (tertiary/aromatic N) is 2. The first kappa shape index (κ1) is 14.7. The maximum absolute atomic E-state index is 12.1. The van der Waals surface area contributed by atoms with E-state index >= 15 is 0 Å². The van der Waals surface area contributed by atoms with Gasteiger partial charge in [-0.3, -0.25) is 10.1 Å². The van der Waals surface area contributed by atoms with Crippen LogP contribution in [0.1, 0.15) is 40.3 Å². The summed E-state index contributed by atoms with van der Waals surface area (Å²) in [7, 11) is 0. The largest absolute Gasteiger partial charge is 0.296 e. The molecule has 4 nitrogen and oxygen atoms in total. The van der Waals surface area contributed by atoms with E-state index in [2.05, 4.69) is 29.4 Å². The van der Waals surface area contributed by atoms with Crippen molar-refractivity contribution in [3.05, 3.63) is 39.9 Å². The van der Waals surface area contributed by atoms with Gasteiger partial charge >= 0.3 is 0 Å². The molecule has 1 aromatic carbocycles. The summed E-state index contributed by atoms with van der Waals surface area (Å²) in [6, 6.07) is 5.67. The van der Waals surface area contributed by atoms with E-state index in [0.29, 0.717) is 16.6 Å². The predicted octanol–water partition coefficient (Wildman–Crippen LogP) is 3.61. The number of anilines is 1. The van der Waals surface area contributed by atoms with E-state index in [9.17, 15) is 4.79 Å². The minimum atomic E-state index is -0.139. The predicted molar refractivity (Wildman–Crippen MR) is 82.3 cm³/mol. The summed E-state index contributed by atoms with van der Waals surface area (Å²) in [5, 5.41) is 12.4. The summed E-state index contributed by atoms with van der Waals surface area (Å²) < 4.78 is 0. The van der Waals surface area contributed by atoms with Crippen molar-refractivity contribution in [1.29, 1.82) is 0 Å². The van der Waals surface area contributed by atoms with Gasteiger partial charge in [0.1, 0.15) is 5.01 Å². The fraction of sp³-hybridized carbons (Fsp3) is 0.400. The van der Waals surface area contributed by atoms with E-state index in [-0.39, 0.29) is 5.91 Å². The summed E-state index contributed by atoms with van der Waals surface area (Å²) >= 11 is 1.44. The number of amides is 1. The van der Waals surface area contributed by atoms with Crippen LogP contribution in [0.5, 0.6) is 0 Å². The van der Waals surface area contributed by atoms with Crippen molar-refractivity contribution < 1.29 is 4.79 Å². The number of aryl methyl sites for hydroxylation is 2. The van der Waals surface area contributed by atoms with Gasteiger partial charge in [-0.1, -0.05) is 31.3 Å². The molecule has 0 saturated heterocycles. The highest BCUT2D eigenvalue weighted by atomic mass is 32.1. The van der Waals surface area contributed by atoms with Gasteiger partial charge in [-0.15, -0.1) is 10.2 Å². The zero-order chi connectivity index (χ0) is 14.7. The summed E-state index contributed by atoms with van der Waals surface area (Å²) in [5.41, 5.74) is 2.93. The molecule has 0 bridgehead atoms. The van der Waals surface area contributed by atoms with E-state index in [1.54, 1.807) is 0 Å². The second-order valence-corrected chi connectivity index (χ2v) is 6.41. The number of hydrogen-bond donors (Lipinski definition) is 1. The molecule has 1 N–H and O–H groups in total. The van der Waals surface area contributed by atoms with Crippen molar-refractivity contribution in [2.75, 3.05) is 5.32 Å². The third kappa shape index (κ3) is 3.63. The van der Waals surface area contributed by atoms with Crippen molar-refractivity contribution in [2.24, 2.45) is 5.92 Å². The molecule has 106 valence electrons. The van der Waals surface area contributed by atoms with Crippen LogP contribution >= 0.6 is 11.3 Å². The highest BCUT2D eigenvalue weighted by molar-refractivity contribution is 7.15. The SMILES string of the molecule is Cc1ccc(C(=O)Nc2nnc(CC(C)C)s2)cc1C. The van der Waals surface area contributed by atoms with Gasteiger partial charge in [0.15, 0.2) is 0 Å². The van der Waals surface area contributed by atoms with E-state index in [0.717, 1.165) is 17.0 Å². The van der Waals surface area contributed by atoms with Crippen LogP contribution in [0.2, 0.25) is 0 Å². The van der Waals surface area contributed by atoms with Crippen molar-refractivity contribution in [3.8, 4) is 0 Å². The van der Waals surface area contributed by atoms with Crippen LogP contribution in [0.25, 0.3) is 0 Å². The minimum absolute atomic E-state index is 0.139. The van der Waals surface area contributed by atoms with Crippen molar-refractivity contribution >= 4 is 22.4 Å². The van der Waals surface area contributed by atoms with Crippen molar-refractivity contribution in [3.63, 3.8) is 0 Å². The Balaban J connectivity index is 2.07. The van der Waals surface area contributed by atoms with Crippen LogP contribution < -0.4 is 5.32 Å².